The first kappa shape index (κ1) is 23.3. The molecule has 164 valence electrons. The molecule has 0 atom stereocenters. The molecular weight excluding hydrogens is 456 g/mol. The maximum absolute atomic E-state index is 13.4. The summed E-state index contributed by atoms with van der Waals surface area (Å²) >= 11 is 8.54. The number of amides is 3. The van der Waals surface area contributed by atoms with Crippen LogP contribution in [0.5, 0.6) is 0 Å². The van der Waals surface area contributed by atoms with Crippen LogP contribution in [-0.4, -0.2) is 33.8 Å². The molecule has 0 fully saturated rings. The summed E-state index contributed by atoms with van der Waals surface area (Å²) in [6.07, 6.45) is 0. The molecule has 0 saturated carbocycles. The van der Waals surface area contributed by atoms with Gasteiger partial charge >= 0.3 is 6.03 Å². The fourth-order valence-electron chi connectivity index (χ4n) is 2.82. The largest absolute Gasteiger partial charge is 0.338 e. The van der Waals surface area contributed by atoms with Gasteiger partial charge in [-0.2, -0.15) is 0 Å². The van der Waals surface area contributed by atoms with Crippen molar-refractivity contribution in [3.8, 4) is 5.69 Å². The predicted octanol–water partition coefficient (Wildman–Crippen LogP) is 4.29. The van der Waals surface area contributed by atoms with Gasteiger partial charge in [0.25, 0.3) is 5.56 Å². The molecule has 0 radical (unpaired) electrons. The lowest BCUT2D eigenvalue weighted by molar-refractivity contribution is -0.117. The van der Waals surface area contributed by atoms with Crippen LogP contribution < -0.4 is 16.2 Å². The second-order valence-electron chi connectivity index (χ2n) is 7.42. The lowest BCUT2D eigenvalue weighted by atomic mass is 10.2. The Kier molecular flexibility index (Phi) is 7.40. The van der Waals surface area contributed by atoms with Gasteiger partial charge in [-0.25, -0.2) is 9.78 Å². The lowest BCUT2D eigenvalue weighted by Gasteiger charge is -2.13. The number of thiophene rings is 1. The Morgan fingerprint density at radius 3 is 2.55 bits per heavy atom. The van der Waals surface area contributed by atoms with Crippen LogP contribution in [0.4, 0.5) is 4.79 Å². The third-order valence-corrected chi connectivity index (χ3v) is 6.80. The Bertz CT molecular complexity index is 1190. The summed E-state index contributed by atoms with van der Waals surface area (Å²) in [5, 5.41) is 6.42. The average Bonchev–Trinajstić information content (AvgIpc) is 2.99. The van der Waals surface area contributed by atoms with E-state index < -0.39 is 11.9 Å². The Morgan fingerprint density at radius 2 is 1.90 bits per heavy atom. The molecule has 0 spiro atoms. The fraction of sp³-hybridized carbons (Fsp3) is 0.333. The van der Waals surface area contributed by atoms with Crippen molar-refractivity contribution in [2.45, 2.75) is 32.9 Å². The molecule has 1 aromatic carbocycles. The number of carbonyl (C=O) groups is 2. The van der Waals surface area contributed by atoms with E-state index in [9.17, 15) is 14.4 Å². The molecule has 3 rings (SSSR count). The molecule has 2 heterocycles. The number of benzene rings is 1. The van der Waals surface area contributed by atoms with E-state index in [-0.39, 0.29) is 17.2 Å². The van der Waals surface area contributed by atoms with Gasteiger partial charge in [0, 0.05) is 16.4 Å². The van der Waals surface area contributed by atoms with Gasteiger partial charge in [0.2, 0.25) is 5.91 Å². The zero-order chi connectivity index (χ0) is 22.7. The first-order valence-electron chi connectivity index (χ1n) is 9.66. The van der Waals surface area contributed by atoms with E-state index in [1.807, 2.05) is 27.7 Å². The van der Waals surface area contributed by atoms with Gasteiger partial charge in [0.1, 0.15) is 4.83 Å². The number of rotatable bonds is 6. The maximum atomic E-state index is 13.4. The lowest BCUT2D eigenvalue weighted by Crippen LogP contribution is -2.41. The number of aryl methyl sites for hydroxylation is 2. The molecule has 3 aromatic rings. The van der Waals surface area contributed by atoms with Gasteiger partial charge in [-0.3, -0.25) is 19.5 Å². The van der Waals surface area contributed by atoms with Crippen molar-refractivity contribution < 1.29 is 9.59 Å². The summed E-state index contributed by atoms with van der Waals surface area (Å²) < 4.78 is 1.48. The van der Waals surface area contributed by atoms with Crippen molar-refractivity contribution in [1.29, 1.82) is 0 Å². The monoisotopic (exact) mass is 478 g/mol. The first-order valence-corrected chi connectivity index (χ1v) is 11.8. The van der Waals surface area contributed by atoms with Gasteiger partial charge < -0.3 is 5.32 Å². The predicted molar refractivity (Wildman–Crippen MR) is 127 cm³/mol. The van der Waals surface area contributed by atoms with E-state index in [1.54, 1.807) is 24.3 Å². The number of thioether (sulfide) groups is 1. The number of nitrogens with zero attached hydrogens (tertiary/aromatic N) is 2. The van der Waals surface area contributed by atoms with E-state index in [1.165, 1.54) is 15.9 Å². The number of halogens is 1. The highest BCUT2D eigenvalue weighted by atomic mass is 35.5. The fourth-order valence-corrected chi connectivity index (χ4v) is 4.83. The number of aromatic nitrogens is 2. The Morgan fingerprint density at radius 1 is 1.23 bits per heavy atom. The zero-order valence-electron chi connectivity index (χ0n) is 17.6. The van der Waals surface area contributed by atoms with Gasteiger partial charge in [0.15, 0.2) is 5.16 Å². The van der Waals surface area contributed by atoms with Crippen molar-refractivity contribution in [1.82, 2.24) is 20.2 Å². The van der Waals surface area contributed by atoms with Crippen LogP contribution in [0.25, 0.3) is 15.9 Å². The minimum atomic E-state index is -0.540. The second kappa shape index (κ2) is 9.84. The van der Waals surface area contributed by atoms with E-state index in [0.29, 0.717) is 32.6 Å². The molecule has 7 nitrogen and oxygen atoms in total. The van der Waals surface area contributed by atoms with E-state index in [4.69, 9.17) is 11.6 Å². The SMILES string of the molecule is Cc1sc2nc(SCC(=O)NC(=O)NCC(C)C)n(-c3ccc(Cl)cc3)c(=O)c2c1C. The van der Waals surface area contributed by atoms with Crippen LogP contribution in [0.1, 0.15) is 24.3 Å². The van der Waals surface area contributed by atoms with E-state index >= 15 is 0 Å². The van der Waals surface area contributed by atoms with Crippen LogP contribution in [0.2, 0.25) is 5.02 Å². The number of urea groups is 1. The third kappa shape index (κ3) is 5.47. The summed E-state index contributed by atoms with van der Waals surface area (Å²) in [4.78, 5) is 43.7. The van der Waals surface area contributed by atoms with Crippen LogP contribution >= 0.6 is 34.7 Å². The van der Waals surface area contributed by atoms with Gasteiger partial charge in [0.05, 0.1) is 16.8 Å². The summed E-state index contributed by atoms with van der Waals surface area (Å²) in [5.74, 6) is -0.260. The Labute approximate surface area is 193 Å². The first-order chi connectivity index (χ1) is 14.7. The highest BCUT2D eigenvalue weighted by molar-refractivity contribution is 7.99. The van der Waals surface area contributed by atoms with Crippen molar-refractivity contribution in [3.63, 3.8) is 0 Å². The number of imide groups is 1. The highest BCUT2D eigenvalue weighted by Gasteiger charge is 2.19. The molecule has 2 N–H and O–H groups in total. The molecule has 2 aromatic heterocycles. The number of carbonyl (C=O) groups excluding carboxylic acids is 2. The summed E-state index contributed by atoms with van der Waals surface area (Å²) in [6.45, 7) is 8.24. The van der Waals surface area contributed by atoms with E-state index in [2.05, 4.69) is 15.6 Å². The zero-order valence-corrected chi connectivity index (χ0v) is 20.0. The van der Waals surface area contributed by atoms with Gasteiger partial charge in [-0.1, -0.05) is 37.2 Å². The van der Waals surface area contributed by atoms with Crippen molar-refractivity contribution in [2.75, 3.05) is 12.3 Å². The molecule has 0 bridgehead atoms. The molecule has 31 heavy (non-hydrogen) atoms. The van der Waals surface area contributed by atoms with Crippen LogP contribution in [0.15, 0.2) is 34.2 Å². The van der Waals surface area contributed by atoms with Crippen molar-refractivity contribution in [2.24, 2.45) is 5.92 Å². The summed E-state index contributed by atoms with van der Waals surface area (Å²) in [6, 6.07) is 6.31. The third-order valence-electron chi connectivity index (χ3n) is 4.51. The Balaban J connectivity index is 1.91. The van der Waals surface area contributed by atoms with Crippen LogP contribution in [-0.2, 0) is 4.79 Å². The molecule has 0 saturated heterocycles. The van der Waals surface area contributed by atoms with Crippen LogP contribution in [0, 0.1) is 19.8 Å². The molecule has 3 amide bonds. The molecular formula is C21H23ClN4O3S2. The Hall–Kier alpha value is -2.36. The van der Waals surface area contributed by atoms with Crippen molar-refractivity contribution in [3.05, 3.63) is 50.1 Å². The summed E-state index contributed by atoms with van der Waals surface area (Å²) in [7, 11) is 0. The van der Waals surface area contributed by atoms with Gasteiger partial charge in [-0.15, -0.1) is 11.3 Å². The minimum absolute atomic E-state index is 0.0655. The summed E-state index contributed by atoms with van der Waals surface area (Å²) in [5.41, 5.74) is 1.30. The van der Waals surface area contributed by atoms with Crippen molar-refractivity contribution >= 4 is 56.9 Å². The molecule has 0 aliphatic heterocycles. The minimum Gasteiger partial charge on any atom is -0.338 e. The van der Waals surface area contributed by atoms with Gasteiger partial charge in [-0.05, 0) is 49.6 Å². The maximum Gasteiger partial charge on any atom is 0.321 e. The average molecular weight is 479 g/mol. The molecule has 0 aliphatic carbocycles. The molecule has 10 heteroatoms. The number of fused-ring (bicyclic) bond motifs is 1. The number of hydrogen-bond donors (Lipinski definition) is 2. The standard InChI is InChI=1S/C21H23ClN4O3S2/c1-11(2)9-23-20(29)24-16(27)10-30-21-25-18-17(12(3)13(4)31-18)19(28)26(21)15-7-5-14(22)6-8-15/h5-8,11H,9-10H2,1-4H3,(H2,23,24,27,29). The number of nitrogens with one attached hydrogen (secondary N) is 2. The van der Waals surface area contributed by atoms with E-state index in [0.717, 1.165) is 22.2 Å². The highest BCUT2D eigenvalue weighted by Crippen LogP contribution is 2.29. The molecule has 0 unspecified atom stereocenters. The normalized spacial score (nSPS) is 11.2. The van der Waals surface area contributed by atoms with Crippen LogP contribution in [0.3, 0.4) is 0 Å². The quantitative estimate of drug-likeness (QED) is 0.407. The smallest absolute Gasteiger partial charge is 0.321 e. The molecule has 0 aliphatic rings. The topological polar surface area (TPSA) is 93.1 Å². The number of hydrogen-bond acceptors (Lipinski definition) is 6. The second-order valence-corrected chi connectivity index (χ2v) is 10.00.